The van der Waals surface area contributed by atoms with Gasteiger partial charge in [-0.15, -0.1) is 0 Å². The fourth-order valence-corrected chi connectivity index (χ4v) is 14.0. The molecular weight excluding hydrogens is 1010 g/mol. The van der Waals surface area contributed by atoms with E-state index in [1.54, 1.807) is 0 Å². The molecule has 0 bridgehead atoms. The maximum atomic E-state index is 6.97. The second-order valence-corrected chi connectivity index (χ2v) is 21.8. The van der Waals surface area contributed by atoms with Gasteiger partial charge in [-0.25, -0.2) is 0 Å². The van der Waals surface area contributed by atoms with Crippen molar-refractivity contribution in [2.75, 3.05) is 9.80 Å². The van der Waals surface area contributed by atoms with Gasteiger partial charge in [-0.3, -0.25) is 0 Å². The van der Waals surface area contributed by atoms with Crippen LogP contribution in [0.3, 0.4) is 0 Å². The predicted molar refractivity (Wildman–Crippen MR) is 350 cm³/mol. The molecule has 0 spiro atoms. The Labute approximate surface area is 475 Å². The summed E-state index contributed by atoms with van der Waals surface area (Å²) in [6.45, 7) is 0. The largest absolute Gasteiger partial charge is 0.456 e. The summed E-state index contributed by atoms with van der Waals surface area (Å²) in [7, 11) is 0. The van der Waals surface area contributed by atoms with E-state index in [-0.39, 0.29) is 0 Å². The van der Waals surface area contributed by atoms with Crippen LogP contribution in [0.1, 0.15) is 0 Å². The quantitative estimate of drug-likeness (QED) is 0.159. The molecular formula is C78H47N3O2. The normalized spacial score (nSPS) is 12.1. The van der Waals surface area contributed by atoms with Crippen molar-refractivity contribution in [1.82, 2.24) is 4.57 Å². The van der Waals surface area contributed by atoms with Gasteiger partial charge in [0, 0.05) is 83.1 Å². The van der Waals surface area contributed by atoms with E-state index in [1.807, 2.05) is 0 Å². The number of aromatic nitrogens is 1. The van der Waals surface area contributed by atoms with Crippen LogP contribution in [0, 0.1) is 0 Å². The van der Waals surface area contributed by atoms with Crippen molar-refractivity contribution in [1.29, 1.82) is 0 Å². The Hall–Kier alpha value is -11.1. The molecule has 5 heteroatoms. The number of rotatable bonds is 7. The van der Waals surface area contributed by atoms with Gasteiger partial charge < -0.3 is 23.2 Å². The highest BCUT2D eigenvalue weighted by atomic mass is 16.3. The number of benzene rings is 15. The third kappa shape index (κ3) is 6.65. The van der Waals surface area contributed by atoms with Crippen LogP contribution in [-0.4, -0.2) is 4.57 Å². The SMILES string of the molecule is c1ccc(N(c2cc3oc4ccc5ccccc5c4c3c3ccccc23)c2cc3c(c4ccccc24)c2c4ccccc4c(N(c4ccccc4)c4cc5oc6ccc7ccccc7c6c5c5ccccc45)cc2n3-c2ccccc2)cc1. The second-order valence-electron chi connectivity index (χ2n) is 21.8. The van der Waals surface area contributed by atoms with E-state index >= 15 is 0 Å². The first kappa shape index (κ1) is 45.7. The summed E-state index contributed by atoms with van der Waals surface area (Å²) in [5, 5.41) is 20.8. The van der Waals surface area contributed by atoms with Crippen LogP contribution in [0.5, 0.6) is 0 Å². The van der Waals surface area contributed by atoms with Crippen molar-refractivity contribution in [3.05, 3.63) is 285 Å². The molecule has 0 saturated carbocycles. The van der Waals surface area contributed by atoms with Crippen molar-refractivity contribution in [3.8, 4) is 5.69 Å². The topological polar surface area (TPSA) is 37.7 Å². The Bertz CT molecular complexity index is 5370. The summed E-state index contributed by atoms with van der Waals surface area (Å²) in [6.07, 6.45) is 0. The molecule has 0 aliphatic carbocycles. The Morgan fingerprint density at radius 3 is 0.928 bits per heavy atom. The molecule has 0 amide bonds. The van der Waals surface area contributed by atoms with E-state index in [0.29, 0.717) is 0 Å². The third-order valence-corrected chi connectivity index (χ3v) is 17.4. The maximum Gasteiger partial charge on any atom is 0.138 e. The van der Waals surface area contributed by atoms with Crippen LogP contribution in [0.15, 0.2) is 294 Å². The van der Waals surface area contributed by atoms with Gasteiger partial charge in [0.05, 0.1) is 33.8 Å². The summed E-state index contributed by atoms with van der Waals surface area (Å²) < 4.78 is 16.5. The molecule has 0 radical (unpaired) electrons. The molecule has 83 heavy (non-hydrogen) atoms. The Kier molecular flexibility index (Phi) is 9.73. The molecule has 5 nitrogen and oxygen atoms in total. The molecule has 3 aromatic heterocycles. The minimum Gasteiger partial charge on any atom is -0.456 e. The van der Waals surface area contributed by atoms with Crippen LogP contribution in [0.25, 0.3) is 136 Å². The first-order chi connectivity index (χ1) is 41.2. The number of para-hydroxylation sites is 3. The van der Waals surface area contributed by atoms with E-state index < -0.39 is 0 Å². The van der Waals surface area contributed by atoms with E-state index in [4.69, 9.17) is 8.83 Å². The number of hydrogen-bond donors (Lipinski definition) is 0. The van der Waals surface area contributed by atoms with Crippen molar-refractivity contribution in [2.45, 2.75) is 0 Å². The highest BCUT2D eigenvalue weighted by Gasteiger charge is 2.29. The molecule has 0 aliphatic heterocycles. The second kappa shape index (κ2) is 17.7. The maximum absolute atomic E-state index is 6.97. The van der Waals surface area contributed by atoms with Crippen molar-refractivity contribution in [2.24, 2.45) is 0 Å². The summed E-state index contributed by atoms with van der Waals surface area (Å²) in [5.41, 5.74) is 12.9. The van der Waals surface area contributed by atoms with Crippen LogP contribution in [0.4, 0.5) is 34.1 Å². The minimum atomic E-state index is 0.845. The number of hydrogen-bond acceptors (Lipinski definition) is 4. The lowest BCUT2D eigenvalue weighted by Gasteiger charge is -2.28. The van der Waals surface area contributed by atoms with Gasteiger partial charge >= 0.3 is 0 Å². The third-order valence-electron chi connectivity index (χ3n) is 17.4. The zero-order valence-electron chi connectivity index (χ0n) is 44.8. The van der Waals surface area contributed by atoms with Crippen LogP contribution in [-0.2, 0) is 0 Å². The van der Waals surface area contributed by atoms with E-state index in [1.165, 1.54) is 32.3 Å². The van der Waals surface area contributed by atoms with Gasteiger partial charge in [-0.2, -0.15) is 0 Å². The number of fused-ring (bicyclic) bond motifs is 21. The highest BCUT2D eigenvalue weighted by Crippen LogP contribution is 2.53. The van der Waals surface area contributed by atoms with E-state index in [9.17, 15) is 0 Å². The molecule has 18 rings (SSSR count). The summed E-state index contributed by atoms with van der Waals surface area (Å²) in [5.74, 6) is 0. The first-order valence-electron chi connectivity index (χ1n) is 28.4. The fourth-order valence-electron chi connectivity index (χ4n) is 14.0. The molecule has 386 valence electrons. The summed E-state index contributed by atoms with van der Waals surface area (Å²) >= 11 is 0. The van der Waals surface area contributed by atoms with Crippen molar-refractivity contribution < 1.29 is 8.83 Å². The number of nitrogens with zero attached hydrogens (tertiary/aromatic N) is 3. The monoisotopic (exact) mass is 1060 g/mol. The van der Waals surface area contributed by atoms with E-state index in [2.05, 4.69) is 299 Å². The van der Waals surface area contributed by atoms with E-state index in [0.717, 1.165) is 138 Å². The lowest BCUT2D eigenvalue weighted by Crippen LogP contribution is -2.11. The molecule has 0 N–H and O–H groups in total. The molecule has 0 saturated heterocycles. The first-order valence-corrected chi connectivity index (χ1v) is 28.4. The summed E-state index contributed by atoms with van der Waals surface area (Å²) in [4.78, 5) is 4.93. The average Bonchev–Trinajstić information content (AvgIpc) is 2.47. The highest BCUT2D eigenvalue weighted by molar-refractivity contribution is 6.34. The van der Waals surface area contributed by atoms with Gasteiger partial charge in [0.25, 0.3) is 0 Å². The summed E-state index contributed by atoms with van der Waals surface area (Å²) in [6, 6.07) is 104. The zero-order chi connectivity index (χ0) is 54.3. The molecule has 18 aromatic rings. The Morgan fingerprint density at radius 2 is 0.530 bits per heavy atom. The molecule has 0 aliphatic rings. The standard InChI is InChI=1S/C78H47N3O2/c1-4-24-50(25-5-1)79(65-46-71-77(61-38-20-16-34-57(61)65)75-53-30-12-10-22-48(53)40-42-69(75)82-71)63-44-67-73(59-36-18-14-32-55(59)63)74-60-37-19-15-33-56(60)64(45-68(74)81(67)52-28-8-3-9-29-52)80(51-26-6-2-7-27-51)66-47-72-78(62-39-21-17-35-58(62)66)76-54-31-13-11-23-49(54)41-43-70(76)83-72/h1-47H. The molecule has 0 atom stereocenters. The number of furan rings is 2. The molecule has 3 heterocycles. The average molecular weight is 1060 g/mol. The fraction of sp³-hybridized carbons (Fsp3) is 0. The van der Waals surface area contributed by atoms with Gasteiger partial charge in [0.15, 0.2) is 0 Å². The van der Waals surface area contributed by atoms with Crippen molar-refractivity contribution in [3.63, 3.8) is 0 Å². The zero-order valence-corrected chi connectivity index (χ0v) is 44.8. The minimum absolute atomic E-state index is 0.845. The smallest absolute Gasteiger partial charge is 0.138 e. The molecule has 0 fully saturated rings. The Morgan fingerprint density at radius 1 is 0.229 bits per heavy atom. The van der Waals surface area contributed by atoms with Crippen LogP contribution < -0.4 is 9.80 Å². The van der Waals surface area contributed by atoms with Gasteiger partial charge in [-0.1, -0.05) is 212 Å². The lowest BCUT2D eigenvalue weighted by molar-refractivity contribution is 0.669. The van der Waals surface area contributed by atoms with Gasteiger partial charge in [0.2, 0.25) is 0 Å². The number of anilines is 6. The predicted octanol–water partition coefficient (Wildman–Crippen LogP) is 22.4. The van der Waals surface area contributed by atoms with Gasteiger partial charge in [-0.05, 0) is 104 Å². The lowest BCUT2D eigenvalue weighted by atomic mass is 9.95. The van der Waals surface area contributed by atoms with Crippen LogP contribution >= 0.6 is 0 Å². The van der Waals surface area contributed by atoms with Crippen LogP contribution in [0.2, 0.25) is 0 Å². The molecule has 0 unspecified atom stereocenters. The van der Waals surface area contributed by atoms with Gasteiger partial charge in [0.1, 0.15) is 22.3 Å². The van der Waals surface area contributed by atoms with Crippen molar-refractivity contribution >= 4 is 164 Å². The molecule has 15 aromatic carbocycles. The Balaban J connectivity index is 0.958.